The van der Waals surface area contributed by atoms with Crippen molar-refractivity contribution in [3.63, 3.8) is 0 Å². The predicted octanol–water partition coefficient (Wildman–Crippen LogP) is 4.57. The lowest BCUT2D eigenvalue weighted by molar-refractivity contribution is -0.131. The molecule has 0 atom stereocenters. The molecule has 1 heterocycles. The Bertz CT molecular complexity index is 876. The third-order valence-corrected chi connectivity index (χ3v) is 5.13. The van der Waals surface area contributed by atoms with Crippen molar-refractivity contribution in [1.82, 2.24) is 15.0 Å². The van der Waals surface area contributed by atoms with Gasteiger partial charge in [-0.1, -0.05) is 53.2 Å². The predicted molar refractivity (Wildman–Crippen MR) is 107 cm³/mol. The van der Waals surface area contributed by atoms with Gasteiger partial charge in [0, 0.05) is 16.5 Å². The Balaban J connectivity index is 1.65. The molecule has 3 rings (SSSR count). The topological polar surface area (TPSA) is 59.2 Å². The van der Waals surface area contributed by atoms with Crippen LogP contribution in [0, 0.1) is 6.92 Å². The van der Waals surface area contributed by atoms with Gasteiger partial charge in [-0.25, -0.2) is 0 Å². The molecule has 0 unspecified atom stereocenters. The highest BCUT2D eigenvalue weighted by atomic mass is 32.2. The smallest absolute Gasteiger partial charge is 0.246 e. The molecule has 6 heteroatoms. The molecule has 0 saturated carbocycles. The van der Waals surface area contributed by atoms with Crippen LogP contribution >= 0.6 is 11.8 Å². The quantitative estimate of drug-likeness (QED) is 0.561. The molecule has 2 aromatic carbocycles. The highest BCUT2D eigenvalue weighted by Crippen LogP contribution is 2.20. The number of aromatic nitrogens is 2. The fraction of sp³-hybridized carbons (Fsp3) is 0.286. The molecular weight excluding hydrogens is 358 g/mol. The van der Waals surface area contributed by atoms with Crippen LogP contribution in [0.4, 0.5) is 0 Å². The third-order valence-electron chi connectivity index (χ3n) is 4.13. The van der Waals surface area contributed by atoms with Crippen LogP contribution in [0.2, 0.25) is 0 Å². The van der Waals surface area contributed by atoms with Crippen molar-refractivity contribution in [2.24, 2.45) is 0 Å². The monoisotopic (exact) mass is 381 g/mol. The highest BCUT2D eigenvalue weighted by molar-refractivity contribution is 8.00. The molecule has 0 aliphatic rings. The first kappa shape index (κ1) is 19.2. The normalized spacial score (nSPS) is 11.0. The van der Waals surface area contributed by atoms with Crippen molar-refractivity contribution in [1.29, 1.82) is 0 Å². The van der Waals surface area contributed by atoms with E-state index in [9.17, 15) is 4.79 Å². The van der Waals surface area contributed by atoms with Crippen molar-refractivity contribution in [2.45, 2.75) is 38.3 Å². The lowest BCUT2D eigenvalue weighted by Crippen LogP contribution is -2.37. The second kappa shape index (κ2) is 8.86. The van der Waals surface area contributed by atoms with E-state index in [0.717, 1.165) is 10.5 Å². The number of thioether (sulfide) groups is 1. The van der Waals surface area contributed by atoms with E-state index in [1.807, 2.05) is 75.4 Å². The van der Waals surface area contributed by atoms with Gasteiger partial charge in [0.25, 0.3) is 0 Å². The number of nitrogens with zero attached hydrogens (tertiary/aromatic N) is 3. The Morgan fingerprint density at radius 3 is 2.48 bits per heavy atom. The van der Waals surface area contributed by atoms with Gasteiger partial charge in [-0.05, 0) is 32.9 Å². The van der Waals surface area contributed by atoms with Gasteiger partial charge in [0.1, 0.15) is 6.54 Å². The molecular formula is C21H23N3O2S. The van der Waals surface area contributed by atoms with Gasteiger partial charge in [-0.2, -0.15) is 4.98 Å². The van der Waals surface area contributed by atoms with E-state index < -0.39 is 0 Å². The van der Waals surface area contributed by atoms with Crippen LogP contribution in [-0.2, 0) is 11.3 Å². The van der Waals surface area contributed by atoms with Crippen molar-refractivity contribution in [3.8, 4) is 11.4 Å². The van der Waals surface area contributed by atoms with Gasteiger partial charge < -0.3 is 9.42 Å². The Morgan fingerprint density at radius 2 is 1.81 bits per heavy atom. The summed E-state index contributed by atoms with van der Waals surface area (Å²) in [4.78, 5) is 20.0. The van der Waals surface area contributed by atoms with E-state index in [-0.39, 0.29) is 11.9 Å². The molecule has 0 fully saturated rings. The number of carbonyl (C=O) groups excluding carboxylic acids is 1. The van der Waals surface area contributed by atoms with E-state index in [1.54, 1.807) is 4.90 Å². The fourth-order valence-corrected chi connectivity index (χ4v) is 3.39. The standard InChI is InChI=1S/C21H23N3O2S/c1-15(2)24(20(25)14-27-18-7-5-4-6-8-18)13-19-22-21(23-26-19)17-11-9-16(3)10-12-17/h4-12,15H,13-14H2,1-3H3. The van der Waals surface area contributed by atoms with Gasteiger partial charge in [0.15, 0.2) is 0 Å². The lowest BCUT2D eigenvalue weighted by atomic mass is 10.1. The van der Waals surface area contributed by atoms with Crippen LogP contribution in [0.1, 0.15) is 25.3 Å². The molecule has 0 saturated heterocycles. The number of benzene rings is 2. The van der Waals surface area contributed by atoms with Gasteiger partial charge in [0.2, 0.25) is 17.6 Å². The summed E-state index contributed by atoms with van der Waals surface area (Å²) in [5.74, 6) is 1.41. The maximum absolute atomic E-state index is 12.7. The van der Waals surface area contributed by atoms with Gasteiger partial charge >= 0.3 is 0 Å². The van der Waals surface area contributed by atoms with Crippen molar-refractivity contribution < 1.29 is 9.32 Å². The van der Waals surface area contributed by atoms with Gasteiger partial charge in [0.05, 0.1) is 5.75 Å². The molecule has 0 N–H and O–H groups in total. The van der Waals surface area contributed by atoms with Crippen molar-refractivity contribution >= 4 is 17.7 Å². The van der Waals surface area contributed by atoms with Crippen LogP contribution in [0.5, 0.6) is 0 Å². The summed E-state index contributed by atoms with van der Waals surface area (Å²) in [6, 6.07) is 17.9. The van der Waals surface area contributed by atoms with E-state index in [1.165, 1.54) is 17.3 Å². The summed E-state index contributed by atoms with van der Waals surface area (Å²) in [5.41, 5.74) is 2.08. The molecule has 1 amide bonds. The maximum atomic E-state index is 12.7. The first-order valence-corrected chi connectivity index (χ1v) is 9.88. The molecule has 27 heavy (non-hydrogen) atoms. The average Bonchev–Trinajstić information content (AvgIpc) is 3.14. The van der Waals surface area contributed by atoms with E-state index >= 15 is 0 Å². The van der Waals surface area contributed by atoms with Crippen LogP contribution in [-0.4, -0.2) is 32.7 Å². The number of carbonyl (C=O) groups is 1. The summed E-state index contributed by atoms with van der Waals surface area (Å²) in [7, 11) is 0. The average molecular weight is 382 g/mol. The molecule has 3 aromatic rings. The largest absolute Gasteiger partial charge is 0.337 e. The third kappa shape index (κ3) is 5.20. The molecule has 0 bridgehead atoms. The number of aryl methyl sites for hydroxylation is 1. The molecule has 0 spiro atoms. The van der Waals surface area contributed by atoms with Gasteiger partial charge in [-0.15, -0.1) is 11.8 Å². The lowest BCUT2D eigenvalue weighted by Gasteiger charge is -2.25. The van der Waals surface area contributed by atoms with Gasteiger partial charge in [-0.3, -0.25) is 4.79 Å². The molecule has 0 aliphatic heterocycles. The number of amides is 1. The highest BCUT2D eigenvalue weighted by Gasteiger charge is 2.21. The van der Waals surface area contributed by atoms with E-state index in [0.29, 0.717) is 24.0 Å². The first-order chi connectivity index (χ1) is 13.0. The second-order valence-corrected chi connectivity index (χ2v) is 7.64. The minimum atomic E-state index is 0.0450. The molecule has 0 radical (unpaired) electrons. The second-order valence-electron chi connectivity index (χ2n) is 6.59. The zero-order valence-corrected chi connectivity index (χ0v) is 16.6. The molecule has 140 valence electrons. The van der Waals surface area contributed by atoms with E-state index in [2.05, 4.69) is 10.1 Å². The summed E-state index contributed by atoms with van der Waals surface area (Å²) in [5, 5.41) is 4.05. The van der Waals surface area contributed by atoms with E-state index in [4.69, 9.17) is 4.52 Å². The molecule has 5 nitrogen and oxygen atoms in total. The molecule has 1 aromatic heterocycles. The Labute approximate surface area is 163 Å². The number of hydrogen-bond acceptors (Lipinski definition) is 5. The van der Waals surface area contributed by atoms with Crippen LogP contribution in [0.15, 0.2) is 64.0 Å². The van der Waals surface area contributed by atoms with Crippen molar-refractivity contribution in [3.05, 3.63) is 66.1 Å². The summed E-state index contributed by atoms with van der Waals surface area (Å²) < 4.78 is 5.38. The minimum Gasteiger partial charge on any atom is -0.337 e. The Hall–Kier alpha value is -2.60. The number of hydrogen-bond donors (Lipinski definition) is 0. The Kier molecular flexibility index (Phi) is 6.29. The SMILES string of the molecule is Cc1ccc(-c2noc(CN(C(=O)CSc3ccccc3)C(C)C)n2)cc1. The number of rotatable bonds is 7. The zero-order chi connectivity index (χ0) is 19.2. The molecule has 0 aliphatic carbocycles. The zero-order valence-electron chi connectivity index (χ0n) is 15.8. The maximum Gasteiger partial charge on any atom is 0.246 e. The Morgan fingerprint density at radius 1 is 1.11 bits per heavy atom. The van der Waals surface area contributed by atoms with Crippen LogP contribution in [0.3, 0.4) is 0 Å². The first-order valence-electron chi connectivity index (χ1n) is 8.90. The summed E-state index contributed by atoms with van der Waals surface area (Å²) in [6.07, 6.45) is 0. The van der Waals surface area contributed by atoms with Crippen LogP contribution in [0.25, 0.3) is 11.4 Å². The van der Waals surface area contributed by atoms with Crippen LogP contribution < -0.4 is 0 Å². The fourth-order valence-electron chi connectivity index (χ4n) is 2.59. The summed E-state index contributed by atoms with van der Waals surface area (Å²) >= 11 is 1.53. The minimum absolute atomic E-state index is 0.0450. The van der Waals surface area contributed by atoms with Crippen molar-refractivity contribution in [2.75, 3.05) is 5.75 Å². The summed E-state index contributed by atoms with van der Waals surface area (Å²) in [6.45, 7) is 6.32.